The lowest BCUT2D eigenvalue weighted by atomic mass is 10.0. The lowest BCUT2D eigenvalue weighted by Gasteiger charge is -2.20. The Labute approximate surface area is 194 Å². The molecule has 11 nitrogen and oxygen atoms in total. The number of ether oxygens (including phenoxy) is 1. The third-order valence-corrected chi connectivity index (χ3v) is 5.38. The van der Waals surface area contributed by atoms with Gasteiger partial charge in [-0.3, -0.25) is 0 Å². The SMILES string of the molecule is CC1(C)OC(=O)c2cnc(Nc3cc(N[C@H](CO)c4ccccc4)c(-c4nnco4)cn3)nc21. The fourth-order valence-corrected chi connectivity index (χ4v) is 3.71. The number of anilines is 3. The highest BCUT2D eigenvalue weighted by atomic mass is 16.6. The van der Waals surface area contributed by atoms with Crippen LogP contribution in [0.4, 0.5) is 17.5 Å². The quantitative estimate of drug-likeness (QED) is 0.350. The molecule has 4 heterocycles. The van der Waals surface area contributed by atoms with Crippen LogP contribution in [0.25, 0.3) is 11.5 Å². The van der Waals surface area contributed by atoms with E-state index in [4.69, 9.17) is 9.15 Å². The van der Waals surface area contributed by atoms with E-state index < -0.39 is 17.6 Å². The number of rotatable bonds is 7. The number of esters is 1. The summed E-state index contributed by atoms with van der Waals surface area (Å²) in [6.07, 6.45) is 4.24. The molecule has 3 N–H and O–H groups in total. The number of fused-ring (bicyclic) bond motifs is 1. The molecule has 1 aliphatic rings. The van der Waals surface area contributed by atoms with Crippen molar-refractivity contribution in [2.45, 2.75) is 25.5 Å². The van der Waals surface area contributed by atoms with Crippen LogP contribution in [0, 0.1) is 0 Å². The lowest BCUT2D eigenvalue weighted by Crippen LogP contribution is -2.18. The van der Waals surface area contributed by atoms with Gasteiger partial charge in [0, 0.05) is 18.5 Å². The molecule has 0 saturated heterocycles. The molecular weight excluding hydrogens is 438 g/mol. The van der Waals surface area contributed by atoms with Crippen molar-refractivity contribution >= 4 is 23.4 Å². The molecule has 34 heavy (non-hydrogen) atoms. The summed E-state index contributed by atoms with van der Waals surface area (Å²) >= 11 is 0. The van der Waals surface area contributed by atoms with Crippen LogP contribution in [-0.4, -0.2) is 42.8 Å². The van der Waals surface area contributed by atoms with Gasteiger partial charge in [-0.15, -0.1) is 10.2 Å². The number of cyclic esters (lactones) is 1. The summed E-state index contributed by atoms with van der Waals surface area (Å²) in [5, 5.41) is 24.1. The minimum atomic E-state index is -0.849. The van der Waals surface area contributed by atoms with E-state index in [1.807, 2.05) is 30.3 Å². The zero-order valence-electron chi connectivity index (χ0n) is 18.4. The highest BCUT2D eigenvalue weighted by Gasteiger charge is 2.40. The van der Waals surface area contributed by atoms with Crippen molar-refractivity contribution in [2.24, 2.45) is 0 Å². The van der Waals surface area contributed by atoms with E-state index in [0.717, 1.165) is 5.56 Å². The van der Waals surface area contributed by atoms with E-state index in [1.165, 1.54) is 12.6 Å². The minimum absolute atomic E-state index is 0.143. The van der Waals surface area contributed by atoms with Gasteiger partial charge in [0.2, 0.25) is 12.3 Å². The molecular formula is C23H21N7O4. The van der Waals surface area contributed by atoms with Crippen LogP contribution in [-0.2, 0) is 10.3 Å². The van der Waals surface area contributed by atoms with Crippen molar-refractivity contribution < 1.29 is 19.1 Å². The average Bonchev–Trinajstić information content (AvgIpc) is 3.44. The smallest absolute Gasteiger partial charge is 0.342 e. The molecule has 5 rings (SSSR count). The number of hydrogen-bond donors (Lipinski definition) is 3. The Kier molecular flexibility index (Phi) is 5.38. The van der Waals surface area contributed by atoms with E-state index in [9.17, 15) is 9.90 Å². The van der Waals surface area contributed by atoms with Gasteiger partial charge in [-0.05, 0) is 19.4 Å². The van der Waals surface area contributed by atoms with Gasteiger partial charge in [-0.25, -0.2) is 19.7 Å². The molecule has 0 amide bonds. The Bertz CT molecular complexity index is 1330. The summed E-state index contributed by atoms with van der Waals surface area (Å²) in [6, 6.07) is 10.9. The fraction of sp³-hybridized carbons (Fsp3) is 0.217. The summed E-state index contributed by atoms with van der Waals surface area (Å²) in [5.74, 6) is 0.517. The monoisotopic (exact) mass is 459 g/mol. The summed E-state index contributed by atoms with van der Waals surface area (Å²) < 4.78 is 10.7. The molecule has 0 fully saturated rings. The predicted octanol–water partition coefficient (Wildman–Crippen LogP) is 3.22. The summed E-state index contributed by atoms with van der Waals surface area (Å²) in [7, 11) is 0. The van der Waals surface area contributed by atoms with Crippen LogP contribution in [0.5, 0.6) is 0 Å². The second-order valence-corrected chi connectivity index (χ2v) is 8.13. The number of aliphatic hydroxyl groups is 1. The number of hydrogen-bond acceptors (Lipinski definition) is 11. The topological polar surface area (TPSA) is 148 Å². The van der Waals surface area contributed by atoms with Crippen molar-refractivity contribution in [1.29, 1.82) is 0 Å². The number of nitrogens with zero attached hydrogens (tertiary/aromatic N) is 5. The van der Waals surface area contributed by atoms with Crippen LogP contribution < -0.4 is 10.6 Å². The van der Waals surface area contributed by atoms with Gasteiger partial charge in [0.05, 0.1) is 23.9 Å². The Morgan fingerprint density at radius 2 is 1.91 bits per heavy atom. The van der Waals surface area contributed by atoms with Gasteiger partial charge in [-0.2, -0.15) is 0 Å². The van der Waals surface area contributed by atoms with E-state index in [0.29, 0.717) is 28.3 Å². The molecule has 4 aromatic rings. The molecule has 1 atom stereocenters. The molecule has 0 saturated carbocycles. The molecule has 0 aliphatic carbocycles. The highest BCUT2D eigenvalue weighted by molar-refractivity contribution is 5.93. The summed E-state index contributed by atoms with van der Waals surface area (Å²) in [4.78, 5) is 25.1. The van der Waals surface area contributed by atoms with E-state index in [-0.39, 0.29) is 18.4 Å². The number of aliphatic hydroxyl groups excluding tert-OH is 1. The Balaban J connectivity index is 1.48. The first-order valence-corrected chi connectivity index (χ1v) is 10.5. The number of pyridine rings is 1. The van der Waals surface area contributed by atoms with Crippen molar-refractivity contribution in [1.82, 2.24) is 25.1 Å². The minimum Gasteiger partial charge on any atom is -0.449 e. The molecule has 0 radical (unpaired) electrons. The van der Waals surface area contributed by atoms with Crippen molar-refractivity contribution in [3.8, 4) is 11.5 Å². The fourth-order valence-electron chi connectivity index (χ4n) is 3.71. The molecule has 1 aliphatic heterocycles. The van der Waals surface area contributed by atoms with E-state index >= 15 is 0 Å². The number of carbonyl (C=O) groups excluding carboxylic acids is 1. The van der Waals surface area contributed by atoms with Crippen LogP contribution in [0.3, 0.4) is 0 Å². The van der Waals surface area contributed by atoms with Gasteiger partial charge in [0.1, 0.15) is 22.7 Å². The number of aromatic nitrogens is 5. The summed E-state index contributed by atoms with van der Waals surface area (Å²) in [5.41, 5.74) is 2.06. The molecule has 0 unspecified atom stereocenters. The highest BCUT2D eigenvalue weighted by Crippen LogP contribution is 2.35. The molecule has 3 aromatic heterocycles. The second kappa shape index (κ2) is 8.52. The molecule has 0 spiro atoms. The molecule has 0 bridgehead atoms. The third-order valence-electron chi connectivity index (χ3n) is 5.38. The second-order valence-electron chi connectivity index (χ2n) is 8.13. The largest absolute Gasteiger partial charge is 0.449 e. The maximum absolute atomic E-state index is 12.0. The molecule has 11 heteroatoms. The van der Waals surface area contributed by atoms with E-state index in [1.54, 1.807) is 26.1 Å². The standard InChI is InChI=1S/C23H21N7O4/c1-23(2)19-15(21(32)34-23)10-25-22(29-19)28-18-8-16(14(9-24-18)20-30-26-12-33-20)27-17(11-31)13-6-4-3-5-7-13/h3-10,12,17,31H,11H2,1-2H3,(H2,24,25,27,28,29)/t17-/m1/s1. The first kappa shape index (κ1) is 21.5. The van der Waals surface area contributed by atoms with Crippen LogP contribution >= 0.6 is 0 Å². The Morgan fingerprint density at radius 1 is 1.12 bits per heavy atom. The zero-order chi connectivity index (χ0) is 23.7. The lowest BCUT2D eigenvalue weighted by molar-refractivity contribution is 0.00834. The van der Waals surface area contributed by atoms with Gasteiger partial charge in [0.25, 0.3) is 5.89 Å². The number of benzene rings is 1. The van der Waals surface area contributed by atoms with E-state index in [2.05, 4.69) is 35.8 Å². The Morgan fingerprint density at radius 3 is 2.65 bits per heavy atom. The number of nitrogens with one attached hydrogen (secondary N) is 2. The number of carbonyl (C=O) groups is 1. The van der Waals surface area contributed by atoms with Gasteiger partial charge in [0.15, 0.2) is 0 Å². The third kappa shape index (κ3) is 4.04. The first-order chi connectivity index (χ1) is 16.4. The maximum atomic E-state index is 12.0. The van der Waals surface area contributed by atoms with Gasteiger partial charge >= 0.3 is 5.97 Å². The first-order valence-electron chi connectivity index (χ1n) is 10.5. The van der Waals surface area contributed by atoms with Crippen LogP contribution in [0.15, 0.2) is 59.6 Å². The zero-order valence-corrected chi connectivity index (χ0v) is 18.4. The molecule has 172 valence electrons. The maximum Gasteiger partial charge on any atom is 0.342 e. The average molecular weight is 459 g/mol. The van der Waals surface area contributed by atoms with Crippen molar-refractivity contribution in [3.05, 3.63) is 72.0 Å². The van der Waals surface area contributed by atoms with Gasteiger partial charge < -0.3 is 24.9 Å². The van der Waals surface area contributed by atoms with Crippen molar-refractivity contribution in [3.63, 3.8) is 0 Å². The van der Waals surface area contributed by atoms with Crippen molar-refractivity contribution in [2.75, 3.05) is 17.2 Å². The molecule has 1 aromatic carbocycles. The normalized spacial score (nSPS) is 14.9. The van der Waals surface area contributed by atoms with Crippen LogP contribution in [0.1, 0.15) is 41.5 Å². The van der Waals surface area contributed by atoms with Crippen LogP contribution in [0.2, 0.25) is 0 Å². The van der Waals surface area contributed by atoms with Gasteiger partial charge in [-0.1, -0.05) is 30.3 Å². The Hall–Kier alpha value is -4.38. The predicted molar refractivity (Wildman–Crippen MR) is 121 cm³/mol. The summed E-state index contributed by atoms with van der Waals surface area (Å²) in [6.45, 7) is 3.40.